The highest BCUT2D eigenvalue weighted by Crippen LogP contribution is 2.30. The van der Waals surface area contributed by atoms with Crippen LogP contribution in [0.25, 0.3) is 10.8 Å². The van der Waals surface area contributed by atoms with Crippen molar-refractivity contribution in [2.24, 2.45) is 0 Å². The van der Waals surface area contributed by atoms with Gasteiger partial charge in [0.1, 0.15) is 0 Å². The Morgan fingerprint density at radius 1 is 1.05 bits per heavy atom. The lowest BCUT2D eigenvalue weighted by atomic mass is 10.0. The number of amides is 1. The number of benzene rings is 2. The van der Waals surface area contributed by atoms with Gasteiger partial charge in [-0.25, -0.2) is 0 Å². The first kappa shape index (κ1) is 12.8. The molecule has 2 aliphatic heterocycles. The van der Waals surface area contributed by atoms with Gasteiger partial charge in [-0.05, 0) is 29.2 Å². The second-order valence-electron chi connectivity index (χ2n) is 6.04. The monoisotopic (exact) mass is 281 g/mol. The number of fused-ring (bicyclic) bond motifs is 3. The van der Waals surface area contributed by atoms with Crippen LogP contribution in [-0.4, -0.2) is 36.1 Å². The van der Waals surface area contributed by atoms with Crippen LogP contribution in [0.4, 0.5) is 0 Å². The van der Waals surface area contributed by atoms with Crippen LogP contribution >= 0.6 is 0 Å². The summed E-state index contributed by atoms with van der Waals surface area (Å²) >= 11 is 0. The minimum absolute atomic E-state index is 0.252. The van der Waals surface area contributed by atoms with Gasteiger partial charge in [0.25, 0.3) is 0 Å². The van der Waals surface area contributed by atoms with Gasteiger partial charge in [-0.2, -0.15) is 0 Å². The first-order chi connectivity index (χ1) is 10.3. The van der Waals surface area contributed by atoms with Crippen LogP contribution in [0.2, 0.25) is 0 Å². The van der Waals surface area contributed by atoms with Crippen molar-refractivity contribution in [1.82, 2.24) is 4.90 Å². The van der Waals surface area contributed by atoms with Crippen molar-refractivity contribution in [2.75, 3.05) is 13.2 Å². The van der Waals surface area contributed by atoms with E-state index in [-0.39, 0.29) is 5.91 Å². The molecule has 0 unspecified atom stereocenters. The largest absolute Gasteiger partial charge is 0.377 e. The van der Waals surface area contributed by atoms with Crippen molar-refractivity contribution in [3.63, 3.8) is 0 Å². The van der Waals surface area contributed by atoms with E-state index in [4.69, 9.17) is 4.74 Å². The molecule has 2 aromatic rings. The Labute approximate surface area is 124 Å². The summed E-state index contributed by atoms with van der Waals surface area (Å²) in [7, 11) is 0. The fourth-order valence-corrected chi connectivity index (χ4v) is 3.74. The highest BCUT2D eigenvalue weighted by Gasteiger charge is 2.40. The summed E-state index contributed by atoms with van der Waals surface area (Å²) < 4.78 is 5.56. The lowest BCUT2D eigenvalue weighted by Gasteiger charge is -2.34. The van der Waals surface area contributed by atoms with Crippen LogP contribution in [0, 0.1) is 0 Å². The molecular formula is C18H19NO2. The van der Waals surface area contributed by atoms with E-state index < -0.39 is 0 Å². The summed E-state index contributed by atoms with van der Waals surface area (Å²) in [6.07, 6.45) is 2.67. The van der Waals surface area contributed by atoms with Crippen LogP contribution < -0.4 is 0 Å². The van der Waals surface area contributed by atoms with E-state index in [1.54, 1.807) is 0 Å². The maximum Gasteiger partial charge on any atom is 0.227 e. The van der Waals surface area contributed by atoms with Crippen molar-refractivity contribution in [3.05, 3.63) is 48.0 Å². The minimum atomic E-state index is 0.252. The Bertz CT molecular complexity index is 660. The van der Waals surface area contributed by atoms with E-state index in [0.717, 1.165) is 18.4 Å². The quantitative estimate of drug-likeness (QED) is 0.847. The zero-order valence-electron chi connectivity index (χ0n) is 12.0. The van der Waals surface area contributed by atoms with Gasteiger partial charge < -0.3 is 9.64 Å². The van der Waals surface area contributed by atoms with Crippen molar-refractivity contribution in [3.8, 4) is 0 Å². The molecular weight excluding hydrogens is 262 g/mol. The molecule has 3 heteroatoms. The molecule has 21 heavy (non-hydrogen) atoms. The van der Waals surface area contributed by atoms with Gasteiger partial charge in [0.05, 0.1) is 31.7 Å². The van der Waals surface area contributed by atoms with Crippen LogP contribution in [0.3, 0.4) is 0 Å². The van der Waals surface area contributed by atoms with Crippen molar-refractivity contribution < 1.29 is 9.53 Å². The number of nitrogens with zero attached hydrogens (tertiary/aromatic N) is 1. The molecule has 3 nitrogen and oxygen atoms in total. The molecule has 2 bridgehead atoms. The summed E-state index contributed by atoms with van der Waals surface area (Å²) in [6, 6.07) is 15.1. The third-order valence-corrected chi connectivity index (χ3v) is 4.75. The fraction of sp³-hybridized carbons (Fsp3) is 0.389. The smallest absolute Gasteiger partial charge is 0.227 e. The molecule has 1 amide bonds. The maximum absolute atomic E-state index is 12.7. The number of hydrogen-bond acceptors (Lipinski definition) is 2. The van der Waals surface area contributed by atoms with Crippen molar-refractivity contribution in [1.29, 1.82) is 0 Å². The van der Waals surface area contributed by atoms with E-state index in [9.17, 15) is 4.79 Å². The number of carbonyl (C=O) groups is 1. The van der Waals surface area contributed by atoms with Crippen LogP contribution in [0.15, 0.2) is 42.5 Å². The van der Waals surface area contributed by atoms with Crippen LogP contribution in [0.5, 0.6) is 0 Å². The van der Waals surface area contributed by atoms with E-state index >= 15 is 0 Å². The summed E-state index contributed by atoms with van der Waals surface area (Å²) in [5, 5.41) is 2.39. The summed E-state index contributed by atoms with van der Waals surface area (Å²) in [5.74, 6) is 0.252. The third kappa shape index (κ3) is 2.22. The average Bonchev–Trinajstić information content (AvgIpc) is 2.77. The van der Waals surface area contributed by atoms with E-state index in [1.807, 2.05) is 18.2 Å². The Balaban J connectivity index is 1.61. The molecule has 2 atom stereocenters. The van der Waals surface area contributed by atoms with Gasteiger partial charge in [0.15, 0.2) is 0 Å². The molecule has 0 spiro atoms. The molecule has 0 aliphatic carbocycles. The Morgan fingerprint density at radius 3 is 2.57 bits per heavy atom. The number of ether oxygens (including phenoxy) is 1. The number of carbonyl (C=O) groups excluding carboxylic acids is 1. The predicted octanol–water partition coefficient (Wildman–Crippen LogP) is 2.77. The second-order valence-corrected chi connectivity index (χ2v) is 6.04. The number of hydrogen-bond donors (Lipinski definition) is 0. The molecule has 2 fully saturated rings. The second kappa shape index (κ2) is 5.15. The van der Waals surface area contributed by atoms with Gasteiger partial charge in [-0.3, -0.25) is 4.79 Å². The van der Waals surface area contributed by atoms with E-state index in [0.29, 0.717) is 31.7 Å². The lowest BCUT2D eigenvalue weighted by molar-refractivity contribution is -0.140. The summed E-state index contributed by atoms with van der Waals surface area (Å²) in [4.78, 5) is 14.8. The minimum Gasteiger partial charge on any atom is -0.377 e. The standard InChI is InChI=1S/C18H19NO2/c20-18(19-15-8-9-16(19)12-21-11-15)10-14-6-3-5-13-4-1-2-7-17(13)14/h1-7,15-16H,8-12H2/t15-,16-/m1/s1. The Kier molecular flexibility index (Phi) is 3.15. The SMILES string of the molecule is O=C(Cc1cccc2ccccc12)N1[C@@H]2CC[C@@H]1COC2. The molecule has 108 valence electrons. The fourth-order valence-electron chi connectivity index (χ4n) is 3.74. The molecule has 2 heterocycles. The molecule has 0 saturated carbocycles. The van der Waals surface area contributed by atoms with Crippen LogP contribution in [-0.2, 0) is 16.0 Å². The zero-order chi connectivity index (χ0) is 14.2. The van der Waals surface area contributed by atoms with Gasteiger partial charge in [0.2, 0.25) is 5.91 Å². The average molecular weight is 281 g/mol. The lowest BCUT2D eigenvalue weighted by Crippen LogP contribution is -2.49. The Hall–Kier alpha value is -1.87. The summed E-state index contributed by atoms with van der Waals surface area (Å²) in [6.45, 7) is 1.41. The van der Waals surface area contributed by atoms with E-state index in [1.165, 1.54) is 10.8 Å². The molecule has 2 saturated heterocycles. The molecule has 0 aromatic heterocycles. The van der Waals surface area contributed by atoms with Gasteiger partial charge in [-0.15, -0.1) is 0 Å². The molecule has 0 radical (unpaired) electrons. The molecule has 2 aliphatic rings. The zero-order valence-corrected chi connectivity index (χ0v) is 12.0. The highest BCUT2D eigenvalue weighted by atomic mass is 16.5. The molecule has 2 aromatic carbocycles. The molecule has 0 N–H and O–H groups in total. The Morgan fingerprint density at radius 2 is 1.76 bits per heavy atom. The van der Waals surface area contributed by atoms with Gasteiger partial charge in [0, 0.05) is 0 Å². The third-order valence-electron chi connectivity index (χ3n) is 4.75. The molecule has 4 rings (SSSR count). The van der Waals surface area contributed by atoms with Crippen molar-refractivity contribution in [2.45, 2.75) is 31.3 Å². The number of rotatable bonds is 2. The van der Waals surface area contributed by atoms with Crippen molar-refractivity contribution >= 4 is 16.7 Å². The maximum atomic E-state index is 12.7. The normalized spacial score (nSPS) is 24.5. The highest BCUT2D eigenvalue weighted by molar-refractivity contribution is 5.90. The van der Waals surface area contributed by atoms with Crippen LogP contribution in [0.1, 0.15) is 18.4 Å². The summed E-state index contributed by atoms with van der Waals surface area (Å²) in [5.41, 5.74) is 1.13. The van der Waals surface area contributed by atoms with Gasteiger partial charge in [-0.1, -0.05) is 42.5 Å². The predicted molar refractivity (Wildman–Crippen MR) is 82.1 cm³/mol. The van der Waals surface area contributed by atoms with E-state index in [2.05, 4.69) is 29.2 Å². The first-order valence-corrected chi connectivity index (χ1v) is 7.68. The first-order valence-electron chi connectivity index (χ1n) is 7.68. The number of morpholine rings is 1. The van der Waals surface area contributed by atoms with Gasteiger partial charge >= 0.3 is 0 Å². The topological polar surface area (TPSA) is 29.5 Å².